The van der Waals surface area contributed by atoms with Gasteiger partial charge in [-0.15, -0.1) is 0 Å². The zero-order valence-electron chi connectivity index (χ0n) is 11.9. The second kappa shape index (κ2) is 6.00. The molecule has 22 heavy (non-hydrogen) atoms. The highest BCUT2D eigenvalue weighted by Gasteiger charge is 2.16. The molecule has 0 unspecified atom stereocenters. The Balaban J connectivity index is 2.25. The second-order valence-electron chi connectivity index (χ2n) is 4.97. The molecule has 3 aromatic rings. The predicted octanol–water partition coefficient (Wildman–Crippen LogP) is 4.08. The van der Waals surface area contributed by atoms with Crippen molar-refractivity contribution in [3.05, 3.63) is 51.6 Å². The van der Waals surface area contributed by atoms with Crippen molar-refractivity contribution in [2.45, 2.75) is 6.42 Å². The van der Waals surface area contributed by atoms with Gasteiger partial charge in [-0.25, -0.2) is 0 Å². The van der Waals surface area contributed by atoms with Crippen LogP contribution in [-0.2, 0) is 11.2 Å². The fourth-order valence-electron chi connectivity index (χ4n) is 2.58. The van der Waals surface area contributed by atoms with Gasteiger partial charge in [-0.05, 0) is 58.5 Å². The lowest BCUT2D eigenvalue weighted by molar-refractivity contribution is -0.136. The number of hydrogen-bond donors (Lipinski definition) is 2. The minimum absolute atomic E-state index is 0.0212. The standard InChI is InChI=1S/C17H14INO3/c1-22-12-4-2-3-10(7-12)17-14(9-16(20)21)13-8-11(18)5-6-15(13)19-17/h2-8,19H,9H2,1H3,(H,20,21). The van der Waals surface area contributed by atoms with Crippen LogP contribution in [-0.4, -0.2) is 23.2 Å². The molecule has 0 saturated carbocycles. The number of halogens is 1. The van der Waals surface area contributed by atoms with Crippen molar-refractivity contribution in [1.82, 2.24) is 4.98 Å². The third-order valence-corrected chi connectivity index (χ3v) is 4.23. The van der Waals surface area contributed by atoms with E-state index in [-0.39, 0.29) is 6.42 Å². The van der Waals surface area contributed by atoms with Gasteiger partial charge in [-0.1, -0.05) is 12.1 Å². The zero-order valence-corrected chi connectivity index (χ0v) is 14.0. The number of aromatic amines is 1. The minimum atomic E-state index is -0.844. The SMILES string of the molecule is COc1cccc(-c2[nH]c3ccc(I)cc3c2CC(=O)O)c1. The molecule has 0 aliphatic carbocycles. The highest BCUT2D eigenvalue weighted by Crippen LogP contribution is 2.33. The Hall–Kier alpha value is -2.02. The molecule has 0 bridgehead atoms. The number of H-pyrrole nitrogens is 1. The largest absolute Gasteiger partial charge is 0.497 e. The van der Waals surface area contributed by atoms with E-state index in [1.54, 1.807) is 7.11 Å². The number of rotatable bonds is 4. The summed E-state index contributed by atoms with van der Waals surface area (Å²) in [6, 6.07) is 13.6. The second-order valence-corrected chi connectivity index (χ2v) is 6.22. The van der Waals surface area contributed by atoms with E-state index >= 15 is 0 Å². The van der Waals surface area contributed by atoms with Crippen LogP contribution in [0.15, 0.2) is 42.5 Å². The monoisotopic (exact) mass is 407 g/mol. The summed E-state index contributed by atoms with van der Waals surface area (Å²) in [5.74, 6) is -0.101. The highest BCUT2D eigenvalue weighted by molar-refractivity contribution is 14.1. The van der Waals surface area contributed by atoms with Gasteiger partial charge >= 0.3 is 5.97 Å². The molecular weight excluding hydrogens is 393 g/mol. The maximum Gasteiger partial charge on any atom is 0.307 e. The van der Waals surface area contributed by atoms with Crippen LogP contribution in [0.3, 0.4) is 0 Å². The number of fused-ring (bicyclic) bond motifs is 1. The molecule has 2 N–H and O–H groups in total. The molecule has 2 aromatic carbocycles. The molecule has 112 valence electrons. The Bertz CT molecular complexity index is 854. The summed E-state index contributed by atoms with van der Waals surface area (Å²) < 4.78 is 6.34. The Morgan fingerprint density at radius 1 is 1.27 bits per heavy atom. The normalized spacial score (nSPS) is 10.8. The van der Waals surface area contributed by atoms with Gasteiger partial charge in [0.15, 0.2) is 0 Å². The molecule has 0 spiro atoms. The summed E-state index contributed by atoms with van der Waals surface area (Å²) in [5, 5.41) is 10.2. The topological polar surface area (TPSA) is 62.3 Å². The summed E-state index contributed by atoms with van der Waals surface area (Å²) in [5.41, 5.74) is 3.49. The highest BCUT2D eigenvalue weighted by atomic mass is 127. The molecule has 1 heterocycles. The lowest BCUT2D eigenvalue weighted by Crippen LogP contribution is -2.01. The van der Waals surface area contributed by atoms with E-state index in [9.17, 15) is 9.90 Å². The number of aromatic nitrogens is 1. The van der Waals surface area contributed by atoms with Gasteiger partial charge in [0.2, 0.25) is 0 Å². The van der Waals surface area contributed by atoms with E-state index in [2.05, 4.69) is 27.6 Å². The first kappa shape index (κ1) is 14.9. The number of carboxylic acid groups (broad SMARTS) is 1. The van der Waals surface area contributed by atoms with Gasteiger partial charge < -0.3 is 14.8 Å². The Kier molecular flexibility index (Phi) is 4.06. The third kappa shape index (κ3) is 2.81. The number of ether oxygens (including phenoxy) is 1. The van der Waals surface area contributed by atoms with Crippen LogP contribution in [0.25, 0.3) is 22.2 Å². The molecule has 3 rings (SSSR count). The fourth-order valence-corrected chi connectivity index (χ4v) is 3.07. The van der Waals surface area contributed by atoms with Crippen LogP contribution in [0, 0.1) is 3.57 Å². The van der Waals surface area contributed by atoms with Crippen molar-refractivity contribution in [1.29, 1.82) is 0 Å². The van der Waals surface area contributed by atoms with Crippen LogP contribution in [0.4, 0.5) is 0 Å². The molecular formula is C17H14INO3. The lowest BCUT2D eigenvalue weighted by atomic mass is 10.0. The van der Waals surface area contributed by atoms with Gasteiger partial charge in [-0.3, -0.25) is 4.79 Å². The van der Waals surface area contributed by atoms with E-state index in [1.165, 1.54) is 0 Å². The summed E-state index contributed by atoms with van der Waals surface area (Å²) in [4.78, 5) is 14.6. The summed E-state index contributed by atoms with van der Waals surface area (Å²) >= 11 is 2.23. The van der Waals surface area contributed by atoms with E-state index < -0.39 is 5.97 Å². The van der Waals surface area contributed by atoms with Crippen LogP contribution < -0.4 is 4.74 Å². The van der Waals surface area contributed by atoms with Crippen molar-refractivity contribution in [3.8, 4) is 17.0 Å². The summed E-state index contributed by atoms with van der Waals surface area (Å²) in [6.45, 7) is 0. The summed E-state index contributed by atoms with van der Waals surface area (Å²) in [6.07, 6.45) is -0.0212. The molecule has 5 heteroatoms. The van der Waals surface area contributed by atoms with E-state index in [0.29, 0.717) is 0 Å². The number of carboxylic acids is 1. The minimum Gasteiger partial charge on any atom is -0.497 e. The van der Waals surface area contributed by atoms with Crippen molar-refractivity contribution < 1.29 is 14.6 Å². The number of methoxy groups -OCH3 is 1. The van der Waals surface area contributed by atoms with Gasteiger partial charge in [0, 0.05) is 20.0 Å². The number of carbonyl (C=O) groups is 1. The molecule has 0 saturated heterocycles. The quantitative estimate of drug-likeness (QED) is 0.641. The van der Waals surface area contributed by atoms with Gasteiger partial charge in [0.25, 0.3) is 0 Å². The van der Waals surface area contributed by atoms with Gasteiger partial charge in [0.05, 0.1) is 19.2 Å². The van der Waals surface area contributed by atoms with Gasteiger partial charge in [-0.2, -0.15) is 0 Å². The van der Waals surface area contributed by atoms with Crippen molar-refractivity contribution in [3.63, 3.8) is 0 Å². The van der Waals surface area contributed by atoms with Crippen LogP contribution >= 0.6 is 22.6 Å². The molecule has 1 aromatic heterocycles. The molecule has 0 radical (unpaired) electrons. The molecule has 0 atom stereocenters. The number of nitrogens with one attached hydrogen (secondary N) is 1. The van der Waals surface area contributed by atoms with Gasteiger partial charge in [0.1, 0.15) is 5.75 Å². The van der Waals surface area contributed by atoms with Crippen LogP contribution in [0.2, 0.25) is 0 Å². The lowest BCUT2D eigenvalue weighted by Gasteiger charge is -2.05. The maximum atomic E-state index is 11.3. The summed E-state index contributed by atoms with van der Waals surface area (Å²) in [7, 11) is 1.62. The molecule has 0 aliphatic heterocycles. The first-order valence-electron chi connectivity index (χ1n) is 6.75. The van der Waals surface area contributed by atoms with Crippen LogP contribution in [0.1, 0.15) is 5.56 Å². The molecule has 0 aliphatic rings. The Labute approximate surface area is 141 Å². The first-order valence-corrected chi connectivity index (χ1v) is 7.82. The fraction of sp³-hybridized carbons (Fsp3) is 0.118. The Morgan fingerprint density at radius 2 is 2.09 bits per heavy atom. The number of hydrogen-bond acceptors (Lipinski definition) is 2. The molecule has 0 amide bonds. The van der Waals surface area contributed by atoms with E-state index in [1.807, 2.05) is 42.5 Å². The van der Waals surface area contributed by atoms with Crippen molar-refractivity contribution >= 4 is 39.5 Å². The third-order valence-electron chi connectivity index (χ3n) is 3.55. The predicted molar refractivity (Wildman–Crippen MR) is 94.3 cm³/mol. The molecule has 0 fully saturated rings. The average molecular weight is 407 g/mol. The average Bonchev–Trinajstić information content (AvgIpc) is 2.85. The van der Waals surface area contributed by atoms with Crippen molar-refractivity contribution in [2.75, 3.05) is 7.11 Å². The van der Waals surface area contributed by atoms with E-state index in [4.69, 9.17) is 4.74 Å². The number of aliphatic carboxylic acids is 1. The zero-order chi connectivity index (χ0) is 15.7. The first-order chi connectivity index (χ1) is 10.6. The maximum absolute atomic E-state index is 11.3. The van der Waals surface area contributed by atoms with Crippen molar-refractivity contribution in [2.24, 2.45) is 0 Å². The van der Waals surface area contributed by atoms with E-state index in [0.717, 1.165) is 37.0 Å². The number of benzene rings is 2. The molecule has 4 nitrogen and oxygen atoms in total. The Morgan fingerprint density at radius 3 is 2.82 bits per heavy atom. The van der Waals surface area contributed by atoms with Crippen LogP contribution in [0.5, 0.6) is 5.75 Å². The smallest absolute Gasteiger partial charge is 0.307 e.